The molecule has 0 unspecified atom stereocenters. The molecule has 0 spiro atoms. The van der Waals surface area contributed by atoms with Crippen LogP contribution in [0.15, 0.2) is 36.9 Å². The zero-order chi connectivity index (χ0) is 17.5. The maximum atomic E-state index is 12.2. The number of nitrogens with zero attached hydrogens (tertiary/aromatic N) is 4. The minimum atomic E-state index is -0.0460. The molecule has 0 saturated carbocycles. The van der Waals surface area contributed by atoms with E-state index in [9.17, 15) is 4.79 Å². The third-order valence-corrected chi connectivity index (χ3v) is 4.27. The maximum absolute atomic E-state index is 12.2. The Bertz CT molecular complexity index is 651. The first kappa shape index (κ1) is 17.1. The number of rotatable bonds is 6. The highest BCUT2D eigenvalue weighted by molar-refractivity contribution is 5.74. The molecule has 2 heterocycles. The molecule has 8 nitrogen and oxygen atoms in total. The quantitative estimate of drug-likeness (QED) is 0.806. The second-order valence-electron chi connectivity index (χ2n) is 5.85. The number of carbonyl (C=O) groups is 1. The predicted octanol–water partition coefficient (Wildman–Crippen LogP) is 1.71. The van der Waals surface area contributed by atoms with E-state index in [4.69, 9.17) is 9.47 Å². The van der Waals surface area contributed by atoms with Gasteiger partial charge in [-0.1, -0.05) is 0 Å². The average Bonchev–Trinajstić information content (AvgIpc) is 3.20. The Balaban J connectivity index is 1.34. The van der Waals surface area contributed by atoms with Gasteiger partial charge in [0.1, 0.15) is 30.8 Å². The lowest BCUT2D eigenvalue weighted by Gasteiger charge is -2.31. The van der Waals surface area contributed by atoms with Crippen molar-refractivity contribution in [1.82, 2.24) is 25.0 Å². The lowest BCUT2D eigenvalue weighted by atomic mass is 10.1. The molecule has 2 aromatic rings. The fourth-order valence-corrected chi connectivity index (χ4v) is 2.85. The Kier molecular flexibility index (Phi) is 5.71. The van der Waals surface area contributed by atoms with E-state index in [0.717, 1.165) is 37.4 Å². The summed E-state index contributed by atoms with van der Waals surface area (Å²) in [6, 6.07) is 7.64. The lowest BCUT2D eigenvalue weighted by Crippen LogP contribution is -2.45. The van der Waals surface area contributed by atoms with Gasteiger partial charge in [-0.2, -0.15) is 5.10 Å². The lowest BCUT2D eigenvalue weighted by molar-refractivity contribution is 0.166. The Morgan fingerprint density at radius 3 is 2.60 bits per heavy atom. The van der Waals surface area contributed by atoms with Crippen LogP contribution < -0.4 is 14.8 Å². The van der Waals surface area contributed by atoms with Crippen LogP contribution in [0.4, 0.5) is 4.79 Å². The van der Waals surface area contributed by atoms with E-state index < -0.39 is 0 Å². The smallest absolute Gasteiger partial charge is 0.317 e. The molecule has 0 atom stereocenters. The summed E-state index contributed by atoms with van der Waals surface area (Å²) in [6.45, 7) is 2.33. The molecule has 1 aliphatic heterocycles. The Morgan fingerprint density at radius 1 is 1.24 bits per heavy atom. The van der Waals surface area contributed by atoms with Crippen molar-refractivity contribution in [3.8, 4) is 11.5 Å². The number of piperidine rings is 1. The first-order chi connectivity index (χ1) is 12.3. The molecule has 0 radical (unpaired) electrons. The van der Waals surface area contributed by atoms with Gasteiger partial charge in [-0.05, 0) is 37.1 Å². The number of amides is 2. The summed E-state index contributed by atoms with van der Waals surface area (Å²) in [5.41, 5.74) is 0. The van der Waals surface area contributed by atoms with Gasteiger partial charge in [-0.3, -0.25) is 0 Å². The highest BCUT2D eigenvalue weighted by Crippen LogP contribution is 2.21. The molecule has 1 N–H and O–H groups in total. The molecule has 1 aromatic carbocycles. The van der Waals surface area contributed by atoms with Gasteiger partial charge >= 0.3 is 6.03 Å². The Hall–Kier alpha value is -2.77. The number of aromatic nitrogens is 3. The molecule has 1 aromatic heterocycles. The van der Waals surface area contributed by atoms with Crippen molar-refractivity contribution >= 4 is 6.03 Å². The zero-order valence-corrected chi connectivity index (χ0v) is 14.3. The number of hydrogen-bond donors (Lipinski definition) is 1. The summed E-state index contributed by atoms with van der Waals surface area (Å²) in [5, 5.41) is 7.07. The molecule has 8 heteroatoms. The summed E-state index contributed by atoms with van der Waals surface area (Å²) in [5.74, 6) is 1.54. The Labute approximate surface area is 146 Å². The van der Waals surface area contributed by atoms with E-state index in [1.807, 2.05) is 33.8 Å². The molecule has 3 rings (SSSR count). The van der Waals surface area contributed by atoms with E-state index in [0.29, 0.717) is 19.2 Å². The molecule has 1 aliphatic rings. The minimum Gasteiger partial charge on any atom is -0.497 e. The molecule has 1 saturated heterocycles. The molecule has 1 fully saturated rings. The molecule has 0 aliphatic carbocycles. The molecule has 2 amide bonds. The number of ether oxygens (including phenoxy) is 2. The molecule has 134 valence electrons. The largest absolute Gasteiger partial charge is 0.497 e. The van der Waals surface area contributed by atoms with E-state index in [2.05, 4.69) is 15.4 Å². The molecule has 25 heavy (non-hydrogen) atoms. The first-order valence-electron chi connectivity index (χ1n) is 8.40. The van der Waals surface area contributed by atoms with Crippen molar-refractivity contribution in [3.05, 3.63) is 36.9 Å². The predicted molar refractivity (Wildman–Crippen MR) is 91.8 cm³/mol. The number of urea groups is 1. The second kappa shape index (κ2) is 8.36. The summed E-state index contributed by atoms with van der Waals surface area (Å²) < 4.78 is 12.6. The fraction of sp³-hybridized carbons (Fsp3) is 0.471. The summed E-state index contributed by atoms with van der Waals surface area (Å²) in [4.78, 5) is 18.0. The van der Waals surface area contributed by atoms with Gasteiger partial charge in [-0.25, -0.2) is 14.5 Å². The first-order valence-corrected chi connectivity index (χ1v) is 8.40. The van der Waals surface area contributed by atoms with Gasteiger partial charge in [-0.15, -0.1) is 0 Å². The molecular formula is C17H23N5O3. The van der Waals surface area contributed by atoms with Crippen LogP contribution in [-0.4, -0.2) is 59.0 Å². The second-order valence-corrected chi connectivity index (χ2v) is 5.85. The number of benzene rings is 1. The Morgan fingerprint density at radius 2 is 1.96 bits per heavy atom. The van der Waals surface area contributed by atoms with Crippen LogP contribution in [0, 0.1) is 0 Å². The van der Waals surface area contributed by atoms with E-state index in [1.54, 1.807) is 19.8 Å². The number of nitrogens with one attached hydrogen (secondary N) is 1. The van der Waals surface area contributed by atoms with E-state index in [1.165, 1.54) is 0 Å². The summed E-state index contributed by atoms with van der Waals surface area (Å²) in [7, 11) is 1.63. The summed E-state index contributed by atoms with van der Waals surface area (Å²) in [6.07, 6.45) is 5.05. The maximum Gasteiger partial charge on any atom is 0.317 e. The molecule has 0 bridgehead atoms. The average molecular weight is 345 g/mol. The third kappa shape index (κ3) is 4.62. The van der Waals surface area contributed by atoms with Gasteiger partial charge < -0.3 is 19.7 Å². The zero-order valence-electron chi connectivity index (χ0n) is 14.3. The van der Waals surface area contributed by atoms with Crippen molar-refractivity contribution in [2.24, 2.45) is 0 Å². The fourth-order valence-electron chi connectivity index (χ4n) is 2.85. The number of carbonyl (C=O) groups excluding carboxylic acids is 1. The van der Waals surface area contributed by atoms with Crippen LogP contribution in [0.25, 0.3) is 0 Å². The van der Waals surface area contributed by atoms with E-state index >= 15 is 0 Å². The van der Waals surface area contributed by atoms with Crippen molar-refractivity contribution < 1.29 is 14.3 Å². The number of hydrogen-bond acceptors (Lipinski definition) is 5. The van der Waals surface area contributed by atoms with Crippen LogP contribution >= 0.6 is 0 Å². The van der Waals surface area contributed by atoms with Crippen LogP contribution in [0.2, 0.25) is 0 Å². The van der Waals surface area contributed by atoms with Crippen molar-refractivity contribution in [2.75, 3.05) is 33.4 Å². The monoisotopic (exact) mass is 345 g/mol. The van der Waals surface area contributed by atoms with Crippen LogP contribution in [0.5, 0.6) is 11.5 Å². The highest BCUT2D eigenvalue weighted by atomic mass is 16.5. The van der Waals surface area contributed by atoms with Crippen molar-refractivity contribution in [1.29, 1.82) is 0 Å². The van der Waals surface area contributed by atoms with Crippen molar-refractivity contribution in [3.63, 3.8) is 0 Å². The SMILES string of the molecule is COc1ccc(OCCNC(=O)N2CCC(n3cncn3)CC2)cc1. The van der Waals surface area contributed by atoms with Crippen LogP contribution in [0.3, 0.4) is 0 Å². The van der Waals surface area contributed by atoms with Gasteiger partial charge in [0.05, 0.1) is 19.7 Å². The van der Waals surface area contributed by atoms with Crippen molar-refractivity contribution in [2.45, 2.75) is 18.9 Å². The summed E-state index contributed by atoms with van der Waals surface area (Å²) >= 11 is 0. The molecular weight excluding hydrogens is 322 g/mol. The standard InChI is InChI=1S/C17H23N5O3/c1-24-15-2-4-16(5-3-15)25-11-8-19-17(23)21-9-6-14(7-10-21)22-13-18-12-20-22/h2-5,12-14H,6-11H2,1H3,(H,19,23). The van der Waals surface area contributed by atoms with Gasteiger partial charge in [0.15, 0.2) is 0 Å². The normalized spacial score (nSPS) is 15.0. The highest BCUT2D eigenvalue weighted by Gasteiger charge is 2.23. The van der Waals surface area contributed by atoms with Gasteiger partial charge in [0.2, 0.25) is 0 Å². The van der Waals surface area contributed by atoms with E-state index in [-0.39, 0.29) is 6.03 Å². The number of likely N-dealkylation sites (tertiary alicyclic amines) is 1. The topological polar surface area (TPSA) is 81.5 Å². The third-order valence-electron chi connectivity index (χ3n) is 4.27. The number of methoxy groups -OCH3 is 1. The minimum absolute atomic E-state index is 0.0460. The van der Waals surface area contributed by atoms with Gasteiger partial charge in [0, 0.05) is 13.1 Å². The van der Waals surface area contributed by atoms with Gasteiger partial charge in [0.25, 0.3) is 0 Å². The van der Waals surface area contributed by atoms with Crippen LogP contribution in [0.1, 0.15) is 18.9 Å². The van der Waals surface area contributed by atoms with Crippen LogP contribution in [-0.2, 0) is 0 Å².